The molecule has 0 aliphatic heterocycles. The predicted octanol–water partition coefficient (Wildman–Crippen LogP) is 2.92. The lowest BCUT2D eigenvalue weighted by Gasteiger charge is -2.16. The van der Waals surface area contributed by atoms with Crippen molar-refractivity contribution in [3.63, 3.8) is 0 Å². The summed E-state index contributed by atoms with van der Waals surface area (Å²) in [7, 11) is 0. The van der Waals surface area contributed by atoms with Crippen LogP contribution in [0.5, 0.6) is 5.75 Å². The number of para-hydroxylation sites is 1. The third kappa shape index (κ3) is 3.53. The Labute approximate surface area is 98.8 Å². The molecule has 0 heterocycles. The van der Waals surface area contributed by atoms with Crippen molar-refractivity contribution in [1.29, 1.82) is 0 Å². The Bertz CT molecular complexity index is 323. The Balaban J connectivity index is 2.75. The Hall–Kier alpha value is -1.02. The fraction of sp³-hybridized carbons (Fsp3) is 0.571. The second-order valence-electron chi connectivity index (χ2n) is 4.43. The summed E-state index contributed by atoms with van der Waals surface area (Å²) < 4.78 is 5.92. The molecule has 1 aromatic carbocycles. The van der Waals surface area contributed by atoms with Crippen LogP contribution in [0.4, 0.5) is 0 Å². The van der Waals surface area contributed by atoms with Gasteiger partial charge in [0.05, 0.1) is 6.61 Å². The minimum absolute atomic E-state index is 0.602. The first-order valence-electron chi connectivity index (χ1n) is 6.10. The average Bonchev–Trinajstić information content (AvgIpc) is 2.28. The Morgan fingerprint density at radius 3 is 2.75 bits per heavy atom. The molecule has 1 aromatic rings. The van der Waals surface area contributed by atoms with Crippen molar-refractivity contribution in [2.75, 3.05) is 13.2 Å². The maximum atomic E-state index is 5.92. The summed E-state index contributed by atoms with van der Waals surface area (Å²) in [6.45, 7) is 7.95. The van der Waals surface area contributed by atoms with Gasteiger partial charge in [-0.3, -0.25) is 0 Å². The molecule has 1 rings (SSSR count). The van der Waals surface area contributed by atoms with Crippen molar-refractivity contribution >= 4 is 0 Å². The van der Waals surface area contributed by atoms with Crippen molar-refractivity contribution in [1.82, 2.24) is 0 Å². The van der Waals surface area contributed by atoms with Crippen LogP contribution < -0.4 is 10.5 Å². The van der Waals surface area contributed by atoms with Crippen molar-refractivity contribution in [2.24, 2.45) is 11.7 Å². The summed E-state index contributed by atoms with van der Waals surface area (Å²) in [5, 5.41) is 0. The average molecular weight is 221 g/mol. The molecular formula is C14H23NO. The second-order valence-corrected chi connectivity index (χ2v) is 4.43. The number of hydrogen-bond acceptors (Lipinski definition) is 2. The molecule has 0 aliphatic rings. The molecule has 0 saturated carbocycles. The van der Waals surface area contributed by atoms with Gasteiger partial charge in [-0.15, -0.1) is 0 Å². The van der Waals surface area contributed by atoms with Gasteiger partial charge >= 0.3 is 0 Å². The van der Waals surface area contributed by atoms with E-state index in [-0.39, 0.29) is 0 Å². The molecule has 0 saturated heterocycles. The van der Waals surface area contributed by atoms with Crippen LogP contribution in [0, 0.1) is 12.8 Å². The van der Waals surface area contributed by atoms with Gasteiger partial charge in [0.15, 0.2) is 0 Å². The second kappa shape index (κ2) is 6.54. The molecule has 90 valence electrons. The zero-order valence-corrected chi connectivity index (χ0v) is 10.6. The van der Waals surface area contributed by atoms with Gasteiger partial charge in [0.25, 0.3) is 0 Å². The molecule has 1 unspecified atom stereocenters. The lowest BCUT2D eigenvalue weighted by atomic mass is 10.1. The Kier molecular flexibility index (Phi) is 5.33. The van der Waals surface area contributed by atoms with Gasteiger partial charge in [-0.25, -0.2) is 0 Å². The van der Waals surface area contributed by atoms with E-state index >= 15 is 0 Å². The minimum Gasteiger partial charge on any atom is -0.493 e. The van der Waals surface area contributed by atoms with Gasteiger partial charge in [0.2, 0.25) is 0 Å². The zero-order chi connectivity index (χ0) is 12.0. The zero-order valence-electron chi connectivity index (χ0n) is 10.6. The number of nitrogens with two attached hydrogens (primary N) is 1. The van der Waals surface area contributed by atoms with Crippen LogP contribution in [-0.4, -0.2) is 13.2 Å². The van der Waals surface area contributed by atoms with E-state index in [0.717, 1.165) is 25.2 Å². The lowest BCUT2D eigenvalue weighted by molar-refractivity contribution is 0.253. The maximum absolute atomic E-state index is 5.92. The molecule has 2 N–H and O–H groups in total. The first-order chi connectivity index (χ1) is 7.69. The predicted molar refractivity (Wildman–Crippen MR) is 68.9 cm³/mol. The Morgan fingerprint density at radius 1 is 1.38 bits per heavy atom. The van der Waals surface area contributed by atoms with Crippen LogP contribution in [0.3, 0.4) is 0 Å². The highest BCUT2D eigenvalue weighted by molar-refractivity contribution is 5.40. The van der Waals surface area contributed by atoms with Gasteiger partial charge in [-0.2, -0.15) is 0 Å². The molecule has 0 radical (unpaired) electrons. The van der Waals surface area contributed by atoms with Crippen LogP contribution in [0.15, 0.2) is 18.2 Å². The van der Waals surface area contributed by atoms with E-state index in [9.17, 15) is 0 Å². The van der Waals surface area contributed by atoms with Crippen molar-refractivity contribution in [2.45, 2.75) is 33.6 Å². The molecule has 0 bridgehead atoms. The standard InChI is InChI=1S/C14H23NO/c1-4-11(2)10-16-14-12(3)6-5-7-13(14)8-9-15/h5-7,11H,4,8-10,15H2,1-3H3. The third-order valence-electron chi connectivity index (χ3n) is 2.92. The first-order valence-corrected chi connectivity index (χ1v) is 6.10. The molecule has 0 amide bonds. The van der Waals surface area contributed by atoms with Crippen LogP contribution in [-0.2, 0) is 6.42 Å². The summed E-state index contributed by atoms with van der Waals surface area (Å²) in [6, 6.07) is 6.26. The smallest absolute Gasteiger partial charge is 0.125 e. The SMILES string of the molecule is CCC(C)COc1c(C)cccc1CCN. The van der Waals surface area contributed by atoms with E-state index < -0.39 is 0 Å². The fourth-order valence-electron chi connectivity index (χ4n) is 1.62. The van der Waals surface area contributed by atoms with Crippen LogP contribution in [0.1, 0.15) is 31.4 Å². The molecule has 2 heteroatoms. The third-order valence-corrected chi connectivity index (χ3v) is 2.92. The number of ether oxygens (including phenoxy) is 1. The van der Waals surface area contributed by atoms with Crippen LogP contribution >= 0.6 is 0 Å². The van der Waals surface area contributed by atoms with Crippen LogP contribution in [0.25, 0.3) is 0 Å². The lowest BCUT2D eigenvalue weighted by Crippen LogP contribution is -2.11. The number of hydrogen-bond donors (Lipinski definition) is 1. The molecule has 0 aromatic heterocycles. The van der Waals surface area contributed by atoms with Crippen molar-refractivity contribution in [3.8, 4) is 5.75 Å². The quantitative estimate of drug-likeness (QED) is 0.801. The van der Waals surface area contributed by atoms with Gasteiger partial charge in [0, 0.05) is 0 Å². The highest BCUT2D eigenvalue weighted by Crippen LogP contribution is 2.24. The molecule has 2 nitrogen and oxygen atoms in total. The van der Waals surface area contributed by atoms with Gasteiger partial charge in [-0.1, -0.05) is 38.5 Å². The molecule has 0 aliphatic carbocycles. The van der Waals surface area contributed by atoms with E-state index in [2.05, 4.69) is 39.0 Å². The molecule has 1 atom stereocenters. The van der Waals surface area contributed by atoms with E-state index in [1.165, 1.54) is 11.1 Å². The highest BCUT2D eigenvalue weighted by Gasteiger charge is 2.07. The summed E-state index contributed by atoms with van der Waals surface area (Å²) in [5.74, 6) is 1.64. The van der Waals surface area contributed by atoms with Gasteiger partial charge in [-0.05, 0) is 36.9 Å². The minimum atomic E-state index is 0.602. The largest absolute Gasteiger partial charge is 0.493 e. The van der Waals surface area contributed by atoms with Crippen LogP contribution in [0.2, 0.25) is 0 Å². The first kappa shape index (κ1) is 13.0. The summed E-state index contributed by atoms with van der Waals surface area (Å²) in [4.78, 5) is 0. The molecule has 0 fully saturated rings. The van der Waals surface area contributed by atoms with Crippen molar-refractivity contribution < 1.29 is 4.74 Å². The van der Waals surface area contributed by atoms with E-state index in [1.54, 1.807) is 0 Å². The summed E-state index contributed by atoms with van der Waals surface area (Å²) >= 11 is 0. The highest BCUT2D eigenvalue weighted by atomic mass is 16.5. The summed E-state index contributed by atoms with van der Waals surface area (Å²) in [5.41, 5.74) is 8.04. The molecule has 16 heavy (non-hydrogen) atoms. The topological polar surface area (TPSA) is 35.2 Å². The van der Waals surface area contributed by atoms with Crippen molar-refractivity contribution in [3.05, 3.63) is 29.3 Å². The normalized spacial score (nSPS) is 12.5. The Morgan fingerprint density at radius 2 is 2.12 bits per heavy atom. The number of rotatable bonds is 6. The van der Waals surface area contributed by atoms with E-state index in [1.807, 2.05) is 0 Å². The van der Waals surface area contributed by atoms with Gasteiger partial charge < -0.3 is 10.5 Å². The monoisotopic (exact) mass is 221 g/mol. The number of aryl methyl sites for hydroxylation is 1. The van der Waals surface area contributed by atoms with E-state index in [4.69, 9.17) is 10.5 Å². The molecule has 0 spiro atoms. The maximum Gasteiger partial charge on any atom is 0.125 e. The molecular weight excluding hydrogens is 198 g/mol. The van der Waals surface area contributed by atoms with Gasteiger partial charge in [0.1, 0.15) is 5.75 Å². The van der Waals surface area contributed by atoms with E-state index in [0.29, 0.717) is 12.5 Å². The summed E-state index contributed by atoms with van der Waals surface area (Å²) in [6.07, 6.45) is 2.04. The number of benzene rings is 1. The fourth-order valence-corrected chi connectivity index (χ4v) is 1.62.